The van der Waals surface area contributed by atoms with Gasteiger partial charge in [0.15, 0.2) is 11.4 Å². The number of nitrogens with zero attached hydrogens (tertiary/aromatic N) is 3. The molecular formula is C33H37FN4O3. The minimum Gasteiger partial charge on any atom is -0.508 e. The highest BCUT2D eigenvalue weighted by Gasteiger charge is 2.49. The van der Waals surface area contributed by atoms with Crippen molar-refractivity contribution in [1.82, 2.24) is 15.2 Å². The number of phenolic OH excluding ortho intramolecular Hbond substituents is 1. The van der Waals surface area contributed by atoms with Crippen molar-refractivity contribution in [1.29, 1.82) is 0 Å². The molecule has 2 aromatic heterocycles. The van der Waals surface area contributed by atoms with E-state index in [2.05, 4.69) is 28.1 Å². The summed E-state index contributed by atoms with van der Waals surface area (Å²) in [4.78, 5) is 9.67. The molecule has 8 heteroatoms. The van der Waals surface area contributed by atoms with Gasteiger partial charge in [0, 0.05) is 55.2 Å². The molecule has 4 saturated heterocycles. The van der Waals surface area contributed by atoms with Crippen LogP contribution in [0.4, 0.5) is 10.2 Å². The third-order valence-corrected chi connectivity index (χ3v) is 10.0. The molecule has 7 nitrogen and oxygen atoms in total. The van der Waals surface area contributed by atoms with Crippen LogP contribution in [-0.4, -0.2) is 71.6 Å². The third-order valence-electron chi connectivity index (χ3n) is 10.0. The smallest absolute Gasteiger partial charge is 0.216 e. The molecule has 0 saturated carbocycles. The minimum atomic E-state index is -0.798. The van der Waals surface area contributed by atoms with E-state index < -0.39 is 6.17 Å². The maximum Gasteiger partial charge on any atom is 0.216 e. The highest BCUT2D eigenvalue weighted by Crippen LogP contribution is 2.44. The lowest BCUT2D eigenvalue weighted by molar-refractivity contribution is 0.111. The number of hydrogen-bond donors (Lipinski definition) is 2. The van der Waals surface area contributed by atoms with Crippen molar-refractivity contribution in [3.63, 3.8) is 0 Å². The normalized spacial score (nSPS) is 27.8. The van der Waals surface area contributed by atoms with Gasteiger partial charge in [0.1, 0.15) is 18.5 Å². The summed E-state index contributed by atoms with van der Waals surface area (Å²) in [6.07, 6.45) is 6.78. The van der Waals surface area contributed by atoms with Crippen LogP contribution in [0, 0.1) is 0 Å². The number of aromatic nitrogens is 1. The number of piperazine rings is 1. The molecule has 0 radical (unpaired) electrons. The van der Waals surface area contributed by atoms with Gasteiger partial charge in [-0.2, -0.15) is 4.98 Å². The molecule has 2 bridgehead atoms. The van der Waals surface area contributed by atoms with Crippen LogP contribution in [0.2, 0.25) is 0 Å². The first-order valence-electron chi connectivity index (χ1n) is 15.2. The predicted octanol–water partition coefficient (Wildman–Crippen LogP) is 5.81. The molecule has 4 fully saturated rings. The lowest BCUT2D eigenvalue weighted by Gasteiger charge is -2.34. The first kappa shape index (κ1) is 25.4. The molecule has 2 N–H and O–H groups in total. The number of alkyl halides is 1. The third kappa shape index (κ3) is 4.17. The van der Waals surface area contributed by atoms with Gasteiger partial charge in [-0.25, -0.2) is 4.39 Å². The number of phenols is 1. The van der Waals surface area contributed by atoms with E-state index in [4.69, 9.17) is 14.1 Å². The fourth-order valence-electron chi connectivity index (χ4n) is 8.12. The van der Waals surface area contributed by atoms with Crippen molar-refractivity contribution in [2.75, 3.05) is 37.7 Å². The predicted molar refractivity (Wildman–Crippen MR) is 159 cm³/mol. The van der Waals surface area contributed by atoms with Gasteiger partial charge in [-0.05, 0) is 72.7 Å². The first-order valence-corrected chi connectivity index (χ1v) is 15.2. The largest absolute Gasteiger partial charge is 0.508 e. The van der Waals surface area contributed by atoms with Crippen LogP contribution in [0.5, 0.6) is 11.6 Å². The van der Waals surface area contributed by atoms with Crippen molar-refractivity contribution in [2.24, 2.45) is 0 Å². The highest BCUT2D eigenvalue weighted by atomic mass is 19.1. The standard InChI is InChI=1S/C33H37FN4O3/c1-2-20-5-3-6-21-11-25(39)12-26(30(20)21)28-18-40-31-27(28)13-29(36-32(31)37-16-23-7-8-24(17-37)35-23)41-19-33-9-4-10-38(33)15-22(34)14-33/h3,5-6,11-13,18,22-24,35,39H,2,4,7-10,14-17,19H2,1H3/t22-,23?,24?,33+/m1/s1. The zero-order chi connectivity index (χ0) is 27.7. The maximum atomic E-state index is 14.5. The van der Waals surface area contributed by atoms with Crippen LogP contribution >= 0.6 is 0 Å². The van der Waals surface area contributed by atoms with E-state index in [-0.39, 0.29) is 11.3 Å². The molecular weight excluding hydrogens is 519 g/mol. The number of pyridine rings is 1. The SMILES string of the molecule is CCc1cccc2cc(O)cc(-c3coc4c(N5CC6CCC(C5)N6)nc(OC[C@@]56CCCN5C[C@H](F)C6)cc34)c12. The van der Waals surface area contributed by atoms with Gasteiger partial charge in [-0.3, -0.25) is 4.90 Å². The molecule has 0 aliphatic carbocycles. The number of aromatic hydroxyl groups is 1. The van der Waals surface area contributed by atoms with Gasteiger partial charge >= 0.3 is 0 Å². The van der Waals surface area contributed by atoms with Crippen LogP contribution in [0.15, 0.2) is 47.1 Å². The van der Waals surface area contributed by atoms with Crippen molar-refractivity contribution in [2.45, 2.75) is 69.2 Å². The summed E-state index contributed by atoms with van der Waals surface area (Å²) in [6, 6.07) is 12.8. The monoisotopic (exact) mass is 556 g/mol. The number of ether oxygens (including phenoxy) is 1. The lowest BCUT2D eigenvalue weighted by atomic mass is 9.93. The molecule has 0 spiro atoms. The summed E-state index contributed by atoms with van der Waals surface area (Å²) >= 11 is 0. The molecule has 214 valence electrons. The highest BCUT2D eigenvalue weighted by molar-refractivity contribution is 6.08. The van der Waals surface area contributed by atoms with E-state index in [1.54, 1.807) is 6.26 Å². The molecule has 4 atom stereocenters. The molecule has 6 heterocycles. The second-order valence-corrected chi connectivity index (χ2v) is 12.6. The molecule has 4 aliphatic heterocycles. The summed E-state index contributed by atoms with van der Waals surface area (Å²) in [5.41, 5.74) is 3.57. The number of anilines is 1. The van der Waals surface area contributed by atoms with E-state index in [1.807, 2.05) is 30.3 Å². The number of furan rings is 1. The number of nitrogens with one attached hydrogen (secondary N) is 1. The molecule has 8 rings (SSSR count). The van der Waals surface area contributed by atoms with Crippen molar-refractivity contribution in [3.05, 3.63) is 48.2 Å². The molecule has 0 amide bonds. The summed E-state index contributed by atoms with van der Waals surface area (Å²) in [7, 11) is 0. The molecule has 4 aliphatic rings. The molecule has 41 heavy (non-hydrogen) atoms. The van der Waals surface area contributed by atoms with Crippen LogP contribution in [-0.2, 0) is 6.42 Å². The Morgan fingerprint density at radius 3 is 2.83 bits per heavy atom. The number of aryl methyl sites for hydroxylation is 1. The summed E-state index contributed by atoms with van der Waals surface area (Å²) < 4.78 is 27.3. The summed E-state index contributed by atoms with van der Waals surface area (Å²) in [5.74, 6) is 1.57. The zero-order valence-corrected chi connectivity index (χ0v) is 23.5. The number of rotatable bonds is 6. The molecule has 2 aromatic carbocycles. The molecule has 4 aromatic rings. The summed E-state index contributed by atoms with van der Waals surface area (Å²) in [5, 5.41) is 17.5. The Bertz CT molecular complexity index is 1630. The Morgan fingerprint density at radius 2 is 2.00 bits per heavy atom. The Balaban J connectivity index is 1.26. The van der Waals surface area contributed by atoms with Crippen LogP contribution < -0.4 is 15.0 Å². The number of hydrogen-bond acceptors (Lipinski definition) is 7. The van der Waals surface area contributed by atoms with Crippen molar-refractivity contribution in [3.8, 4) is 22.8 Å². The van der Waals surface area contributed by atoms with Gasteiger partial charge in [0.05, 0.1) is 11.8 Å². The number of benzene rings is 2. The lowest BCUT2D eigenvalue weighted by Crippen LogP contribution is -2.51. The average Bonchev–Trinajstić information content (AvgIpc) is 3.72. The minimum absolute atomic E-state index is 0.224. The quantitative estimate of drug-likeness (QED) is 0.310. The van der Waals surface area contributed by atoms with Gasteiger partial charge < -0.3 is 24.5 Å². The Labute approximate surface area is 239 Å². The van der Waals surface area contributed by atoms with Gasteiger partial charge in [0.25, 0.3) is 0 Å². The fourth-order valence-corrected chi connectivity index (χ4v) is 8.12. The topological polar surface area (TPSA) is 74.0 Å². The van der Waals surface area contributed by atoms with Crippen molar-refractivity contribution >= 4 is 27.6 Å². The van der Waals surface area contributed by atoms with E-state index >= 15 is 0 Å². The van der Waals surface area contributed by atoms with Gasteiger partial charge in [0.2, 0.25) is 5.88 Å². The Morgan fingerprint density at radius 1 is 1.15 bits per heavy atom. The first-order chi connectivity index (χ1) is 20.0. The number of halogens is 1. The average molecular weight is 557 g/mol. The Hall–Kier alpha value is -3.36. The fraction of sp³-hybridized carbons (Fsp3) is 0.485. The van der Waals surface area contributed by atoms with Crippen LogP contribution in [0.25, 0.3) is 32.9 Å². The number of fused-ring (bicyclic) bond motifs is 5. The van der Waals surface area contributed by atoms with E-state index in [1.165, 1.54) is 18.4 Å². The summed E-state index contributed by atoms with van der Waals surface area (Å²) in [6.45, 7) is 5.76. The maximum absolute atomic E-state index is 14.5. The second-order valence-electron chi connectivity index (χ2n) is 12.6. The van der Waals surface area contributed by atoms with E-state index in [0.717, 1.165) is 77.6 Å². The second kappa shape index (κ2) is 9.60. The zero-order valence-electron chi connectivity index (χ0n) is 23.5. The van der Waals surface area contributed by atoms with Crippen molar-refractivity contribution < 1.29 is 18.7 Å². The van der Waals surface area contributed by atoms with Gasteiger partial charge in [-0.15, -0.1) is 0 Å². The Kier molecular flexibility index (Phi) is 5.94. The van der Waals surface area contributed by atoms with Gasteiger partial charge in [-0.1, -0.05) is 25.1 Å². The molecule has 2 unspecified atom stereocenters. The van der Waals surface area contributed by atoms with E-state index in [0.29, 0.717) is 37.5 Å². The van der Waals surface area contributed by atoms with E-state index in [9.17, 15) is 9.50 Å². The van der Waals surface area contributed by atoms with Crippen LogP contribution in [0.1, 0.15) is 44.6 Å². The van der Waals surface area contributed by atoms with Crippen LogP contribution in [0.3, 0.4) is 0 Å².